The van der Waals surface area contributed by atoms with Gasteiger partial charge < -0.3 is 5.11 Å². The number of carboxylic acid groups (broad SMARTS) is 1. The molecule has 0 spiro atoms. The third-order valence-corrected chi connectivity index (χ3v) is 6.39. The van der Waals surface area contributed by atoms with E-state index >= 15 is 0 Å². The second-order valence-corrected chi connectivity index (χ2v) is 9.28. The number of benzene rings is 1. The Morgan fingerprint density at radius 3 is 2.52 bits per heavy atom. The van der Waals surface area contributed by atoms with E-state index in [4.69, 9.17) is 5.11 Å². The van der Waals surface area contributed by atoms with E-state index in [1.165, 1.54) is 29.5 Å². The van der Waals surface area contributed by atoms with Crippen LogP contribution in [-0.2, 0) is 10.0 Å². The van der Waals surface area contributed by atoms with Gasteiger partial charge in [0.15, 0.2) is 0 Å². The summed E-state index contributed by atoms with van der Waals surface area (Å²) in [5.74, 6) is -0.899. The van der Waals surface area contributed by atoms with Crippen molar-refractivity contribution in [1.82, 2.24) is 9.71 Å². The van der Waals surface area contributed by atoms with Crippen molar-refractivity contribution in [2.24, 2.45) is 5.92 Å². The number of nitrogens with zero attached hydrogens (tertiary/aromatic N) is 1. The number of carbonyl (C=O) groups is 1. The van der Waals surface area contributed by atoms with E-state index in [1.54, 1.807) is 0 Å². The molecule has 1 aromatic carbocycles. The molecule has 25 heavy (non-hydrogen) atoms. The molecule has 2 aromatic rings. The van der Waals surface area contributed by atoms with Crippen LogP contribution in [0.25, 0.3) is 0 Å². The third-order valence-electron chi connectivity index (χ3n) is 3.74. The van der Waals surface area contributed by atoms with Gasteiger partial charge in [0.25, 0.3) is 0 Å². The first-order valence-corrected chi connectivity index (χ1v) is 10.2. The monoisotopic (exact) mass is 382 g/mol. The quantitative estimate of drug-likeness (QED) is 0.764. The van der Waals surface area contributed by atoms with Crippen LogP contribution in [-0.4, -0.2) is 24.5 Å². The Balaban J connectivity index is 2.36. The highest BCUT2D eigenvalue weighted by Gasteiger charge is 2.25. The fourth-order valence-electron chi connectivity index (χ4n) is 2.37. The first-order chi connectivity index (χ1) is 11.6. The van der Waals surface area contributed by atoms with Gasteiger partial charge in [-0.15, -0.1) is 11.3 Å². The topological polar surface area (TPSA) is 96.4 Å². The number of aromatic carboxylic acids is 1. The van der Waals surface area contributed by atoms with Crippen molar-refractivity contribution in [2.75, 3.05) is 0 Å². The van der Waals surface area contributed by atoms with Gasteiger partial charge in [0.05, 0.1) is 22.2 Å². The predicted octanol–water partition coefficient (Wildman–Crippen LogP) is 3.52. The van der Waals surface area contributed by atoms with Crippen molar-refractivity contribution in [2.45, 2.75) is 45.1 Å². The van der Waals surface area contributed by atoms with Gasteiger partial charge in [-0.1, -0.05) is 19.9 Å². The Bertz CT molecular complexity index is 853. The molecule has 0 aliphatic carbocycles. The normalized spacial score (nSPS) is 13.2. The molecule has 8 heteroatoms. The summed E-state index contributed by atoms with van der Waals surface area (Å²) in [6, 6.07) is 4.89. The Hall–Kier alpha value is -1.77. The number of nitrogens with one attached hydrogen (secondary N) is 1. The number of aryl methyl sites for hydroxylation is 2. The largest absolute Gasteiger partial charge is 0.478 e. The lowest BCUT2D eigenvalue weighted by molar-refractivity contribution is 0.0696. The molecule has 0 aliphatic rings. The van der Waals surface area contributed by atoms with E-state index in [1.807, 2.05) is 27.7 Å². The maximum Gasteiger partial charge on any atom is 0.335 e. The smallest absolute Gasteiger partial charge is 0.335 e. The molecule has 0 amide bonds. The van der Waals surface area contributed by atoms with Crippen LogP contribution in [0.1, 0.15) is 52.2 Å². The number of carboxylic acids is 1. The van der Waals surface area contributed by atoms with Gasteiger partial charge in [-0.2, -0.15) is 0 Å². The van der Waals surface area contributed by atoms with Crippen molar-refractivity contribution in [1.29, 1.82) is 0 Å². The van der Waals surface area contributed by atoms with Gasteiger partial charge >= 0.3 is 5.97 Å². The first kappa shape index (κ1) is 19.6. The summed E-state index contributed by atoms with van der Waals surface area (Å²) in [6.07, 6.45) is 0.601. The maximum absolute atomic E-state index is 12.7. The molecule has 2 rings (SSSR count). The molecule has 0 fully saturated rings. The van der Waals surface area contributed by atoms with Crippen LogP contribution in [0, 0.1) is 19.8 Å². The minimum Gasteiger partial charge on any atom is -0.478 e. The van der Waals surface area contributed by atoms with Crippen molar-refractivity contribution >= 4 is 27.3 Å². The molecule has 1 unspecified atom stereocenters. The number of sulfonamides is 1. The molecule has 0 radical (unpaired) electrons. The van der Waals surface area contributed by atoms with Crippen LogP contribution in [0.3, 0.4) is 0 Å². The molecular formula is C17H22N2O4S2. The molecule has 0 saturated heterocycles. The Morgan fingerprint density at radius 1 is 1.32 bits per heavy atom. The van der Waals surface area contributed by atoms with Crippen LogP contribution in [0.2, 0.25) is 0 Å². The van der Waals surface area contributed by atoms with Crippen LogP contribution >= 0.6 is 11.3 Å². The standard InChI is InChI=1S/C17H22N2O4S2/c1-10(2)8-15(16-18-11(3)12(4)24-16)19-25(22,23)14-7-5-6-13(9-14)17(20)21/h5-7,9-10,15,19H,8H2,1-4H3,(H,20,21). The number of hydrogen-bond acceptors (Lipinski definition) is 5. The van der Waals surface area contributed by atoms with Crippen LogP contribution in [0.4, 0.5) is 0 Å². The van der Waals surface area contributed by atoms with E-state index < -0.39 is 22.0 Å². The average Bonchev–Trinajstić information content (AvgIpc) is 2.85. The van der Waals surface area contributed by atoms with E-state index in [0.29, 0.717) is 6.42 Å². The SMILES string of the molecule is Cc1nc(C(CC(C)C)NS(=O)(=O)c2cccc(C(=O)O)c2)sc1C. The summed E-state index contributed by atoms with van der Waals surface area (Å²) in [5, 5.41) is 9.79. The van der Waals surface area contributed by atoms with E-state index in [2.05, 4.69) is 9.71 Å². The Kier molecular flexibility index (Phi) is 5.97. The number of thiazole rings is 1. The van der Waals surface area contributed by atoms with Crippen molar-refractivity contribution in [3.8, 4) is 0 Å². The highest BCUT2D eigenvalue weighted by molar-refractivity contribution is 7.89. The second-order valence-electron chi connectivity index (χ2n) is 6.33. The summed E-state index contributed by atoms with van der Waals surface area (Å²) < 4.78 is 28.2. The molecule has 1 heterocycles. The number of hydrogen-bond donors (Lipinski definition) is 2. The summed E-state index contributed by atoms with van der Waals surface area (Å²) in [6.45, 7) is 7.87. The predicted molar refractivity (Wildman–Crippen MR) is 97.5 cm³/mol. The molecular weight excluding hydrogens is 360 g/mol. The minimum absolute atomic E-state index is 0.0637. The summed E-state index contributed by atoms with van der Waals surface area (Å²) in [7, 11) is -3.86. The van der Waals surface area contributed by atoms with Crippen molar-refractivity contribution in [3.63, 3.8) is 0 Å². The minimum atomic E-state index is -3.86. The lowest BCUT2D eigenvalue weighted by atomic mass is 10.1. The fraction of sp³-hybridized carbons (Fsp3) is 0.412. The highest BCUT2D eigenvalue weighted by Crippen LogP contribution is 2.29. The third kappa shape index (κ3) is 4.87. The molecule has 6 nitrogen and oxygen atoms in total. The molecule has 1 aromatic heterocycles. The number of aromatic nitrogens is 1. The van der Waals surface area contributed by atoms with Gasteiger partial charge in [0.1, 0.15) is 5.01 Å². The van der Waals surface area contributed by atoms with Gasteiger partial charge in [0.2, 0.25) is 10.0 Å². The second kappa shape index (κ2) is 7.63. The van der Waals surface area contributed by atoms with Crippen LogP contribution < -0.4 is 4.72 Å². The summed E-state index contributed by atoms with van der Waals surface area (Å²) in [5.41, 5.74) is 0.824. The van der Waals surface area contributed by atoms with E-state index in [9.17, 15) is 13.2 Å². The Morgan fingerprint density at radius 2 is 2.00 bits per heavy atom. The average molecular weight is 383 g/mol. The number of rotatable bonds is 7. The first-order valence-electron chi connectivity index (χ1n) is 7.89. The van der Waals surface area contributed by atoms with Gasteiger partial charge in [0, 0.05) is 4.88 Å². The lowest BCUT2D eigenvalue weighted by Crippen LogP contribution is -2.29. The van der Waals surface area contributed by atoms with E-state index in [0.717, 1.165) is 21.6 Å². The van der Waals surface area contributed by atoms with Crippen LogP contribution in [0.15, 0.2) is 29.2 Å². The van der Waals surface area contributed by atoms with Gasteiger partial charge in [-0.3, -0.25) is 0 Å². The lowest BCUT2D eigenvalue weighted by Gasteiger charge is -2.19. The maximum atomic E-state index is 12.7. The van der Waals surface area contributed by atoms with Gasteiger partial charge in [-0.05, 0) is 44.4 Å². The molecule has 1 atom stereocenters. The zero-order valence-corrected chi connectivity index (χ0v) is 16.2. The summed E-state index contributed by atoms with van der Waals surface area (Å²) >= 11 is 1.48. The van der Waals surface area contributed by atoms with Crippen molar-refractivity contribution < 1.29 is 18.3 Å². The van der Waals surface area contributed by atoms with Crippen molar-refractivity contribution in [3.05, 3.63) is 45.4 Å². The molecule has 0 aliphatic heterocycles. The zero-order chi connectivity index (χ0) is 18.8. The molecule has 136 valence electrons. The van der Waals surface area contributed by atoms with Crippen LogP contribution in [0.5, 0.6) is 0 Å². The molecule has 0 bridgehead atoms. The zero-order valence-electron chi connectivity index (χ0n) is 14.6. The Labute approximate surface area is 152 Å². The van der Waals surface area contributed by atoms with E-state index in [-0.39, 0.29) is 16.4 Å². The molecule has 2 N–H and O–H groups in total. The summed E-state index contributed by atoms with van der Waals surface area (Å²) in [4.78, 5) is 16.6. The molecule has 0 saturated carbocycles. The highest BCUT2D eigenvalue weighted by atomic mass is 32.2. The fourth-order valence-corrected chi connectivity index (χ4v) is 4.69. The van der Waals surface area contributed by atoms with Gasteiger partial charge in [-0.25, -0.2) is 22.9 Å².